The number of aromatic hydroxyl groups is 1. The molecule has 0 unspecified atom stereocenters. The van der Waals surface area contributed by atoms with Crippen molar-refractivity contribution in [2.24, 2.45) is 11.0 Å². The maximum Gasteiger partial charge on any atom is 0.435 e. The van der Waals surface area contributed by atoms with Gasteiger partial charge in [-0.05, 0) is 24.2 Å². The topological polar surface area (TPSA) is 117 Å². The minimum absolute atomic E-state index is 0.0385. The molecule has 0 saturated carbocycles. The number of aromatic amines is 1. The normalized spacial score (nSPS) is 12.1. The predicted octanol–water partition coefficient (Wildman–Crippen LogP) is 1.63. The Morgan fingerprint density at radius 2 is 2.18 bits per heavy atom. The molecule has 2 rings (SSSR count). The summed E-state index contributed by atoms with van der Waals surface area (Å²) in [7, 11) is 0. The van der Waals surface area contributed by atoms with E-state index in [9.17, 15) is 27.9 Å². The van der Waals surface area contributed by atoms with Crippen LogP contribution in [0.3, 0.4) is 0 Å². The smallest absolute Gasteiger partial charge is 0.435 e. The number of carbonyl (C=O) groups is 1. The van der Waals surface area contributed by atoms with Gasteiger partial charge in [0.05, 0.1) is 6.21 Å². The molecule has 0 spiro atoms. The number of hydrogen-bond acceptors (Lipinski definition) is 6. The molecule has 28 heavy (non-hydrogen) atoms. The monoisotopic (exact) mass is 418 g/mol. The van der Waals surface area contributed by atoms with Crippen molar-refractivity contribution in [1.29, 1.82) is 0 Å². The SMILES string of the molecule is CC(C)Cn1c(O)c(/C=N\NC(=O)Cn2ccc(C(F)(F)F)n2)c(=O)[nH]c1=S. The summed E-state index contributed by atoms with van der Waals surface area (Å²) in [5, 5.41) is 17.0. The van der Waals surface area contributed by atoms with Crippen molar-refractivity contribution in [3.8, 4) is 5.88 Å². The highest BCUT2D eigenvalue weighted by molar-refractivity contribution is 7.71. The van der Waals surface area contributed by atoms with Crippen LogP contribution in [0.1, 0.15) is 25.1 Å². The lowest BCUT2D eigenvalue weighted by Crippen LogP contribution is -2.25. The summed E-state index contributed by atoms with van der Waals surface area (Å²) in [6, 6.07) is 0.734. The van der Waals surface area contributed by atoms with Crippen molar-refractivity contribution in [3.05, 3.63) is 38.6 Å². The molecule has 13 heteroatoms. The molecule has 0 aliphatic carbocycles. The molecule has 0 aliphatic rings. The second kappa shape index (κ2) is 8.37. The Labute approximate surface area is 161 Å². The van der Waals surface area contributed by atoms with Crippen LogP contribution >= 0.6 is 12.2 Å². The van der Waals surface area contributed by atoms with Crippen LogP contribution in [0.25, 0.3) is 0 Å². The Kier molecular flexibility index (Phi) is 6.38. The molecule has 0 radical (unpaired) electrons. The van der Waals surface area contributed by atoms with Gasteiger partial charge in [0, 0.05) is 12.7 Å². The summed E-state index contributed by atoms with van der Waals surface area (Å²) in [6.45, 7) is 3.60. The van der Waals surface area contributed by atoms with Crippen LogP contribution in [0, 0.1) is 10.7 Å². The molecular formula is C15H17F3N6O3S. The minimum Gasteiger partial charge on any atom is -0.494 e. The summed E-state index contributed by atoms with van der Waals surface area (Å²) in [4.78, 5) is 26.1. The van der Waals surface area contributed by atoms with Gasteiger partial charge in [0.2, 0.25) is 5.88 Å². The number of carbonyl (C=O) groups excluding carboxylic acids is 1. The van der Waals surface area contributed by atoms with Crippen molar-refractivity contribution < 1.29 is 23.1 Å². The molecule has 3 N–H and O–H groups in total. The fourth-order valence-corrected chi connectivity index (χ4v) is 2.43. The van der Waals surface area contributed by atoms with E-state index in [2.05, 4.69) is 15.2 Å². The number of alkyl halides is 3. The van der Waals surface area contributed by atoms with Gasteiger partial charge in [-0.25, -0.2) is 5.43 Å². The molecule has 152 valence electrons. The van der Waals surface area contributed by atoms with E-state index in [-0.39, 0.29) is 16.3 Å². The van der Waals surface area contributed by atoms with Crippen LogP contribution in [0.5, 0.6) is 5.88 Å². The van der Waals surface area contributed by atoms with Gasteiger partial charge in [-0.15, -0.1) is 0 Å². The lowest BCUT2D eigenvalue weighted by molar-refractivity contribution is -0.141. The summed E-state index contributed by atoms with van der Waals surface area (Å²) in [5.41, 5.74) is -0.0146. The van der Waals surface area contributed by atoms with Crippen molar-refractivity contribution in [1.82, 2.24) is 24.8 Å². The Hall–Kier alpha value is -2.96. The minimum atomic E-state index is -4.61. The first-order valence-corrected chi connectivity index (χ1v) is 8.38. The molecule has 0 fully saturated rings. The van der Waals surface area contributed by atoms with Crippen molar-refractivity contribution in [2.45, 2.75) is 33.1 Å². The van der Waals surface area contributed by atoms with Gasteiger partial charge in [-0.2, -0.15) is 23.4 Å². The van der Waals surface area contributed by atoms with Crippen LogP contribution < -0.4 is 11.0 Å². The number of nitrogens with one attached hydrogen (secondary N) is 2. The fraction of sp³-hybridized carbons (Fsp3) is 0.400. The third-order valence-corrected chi connectivity index (χ3v) is 3.70. The third kappa shape index (κ3) is 5.28. The first-order valence-electron chi connectivity index (χ1n) is 7.97. The zero-order valence-corrected chi connectivity index (χ0v) is 15.6. The number of H-pyrrole nitrogens is 1. The number of rotatable bonds is 6. The van der Waals surface area contributed by atoms with E-state index in [0.29, 0.717) is 6.54 Å². The van der Waals surface area contributed by atoms with E-state index in [1.807, 2.05) is 19.3 Å². The van der Waals surface area contributed by atoms with E-state index in [0.717, 1.165) is 23.2 Å². The molecule has 2 aromatic rings. The lowest BCUT2D eigenvalue weighted by atomic mass is 10.2. The molecule has 0 bridgehead atoms. The van der Waals surface area contributed by atoms with Crippen LogP contribution in [-0.2, 0) is 24.1 Å². The van der Waals surface area contributed by atoms with E-state index < -0.39 is 35.8 Å². The zero-order valence-electron chi connectivity index (χ0n) is 14.8. The average Bonchev–Trinajstić information content (AvgIpc) is 3.03. The highest BCUT2D eigenvalue weighted by Gasteiger charge is 2.33. The molecule has 0 atom stereocenters. The molecule has 1 amide bonds. The molecule has 9 nitrogen and oxygen atoms in total. The number of hydrogen-bond donors (Lipinski definition) is 3. The van der Waals surface area contributed by atoms with Gasteiger partial charge in [-0.1, -0.05) is 13.8 Å². The second-order valence-corrected chi connectivity index (χ2v) is 6.58. The molecule has 0 aromatic carbocycles. The standard InChI is InChI=1S/C15H17F3N6O3S/c1-8(2)6-24-13(27)9(12(26)20-14(24)28)5-19-21-11(25)7-23-4-3-10(22-23)15(16,17)18/h3-5,8,27H,6-7H2,1-2H3,(H,21,25)(H,20,26,28)/b19-5-. The van der Waals surface area contributed by atoms with Gasteiger partial charge in [0.15, 0.2) is 10.5 Å². The van der Waals surface area contributed by atoms with Gasteiger partial charge < -0.3 is 5.11 Å². The first kappa shape index (κ1) is 21.3. The maximum atomic E-state index is 12.5. The Morgan fingerprint density at radius 3 is 2.75 bits per heavy atom. The molecule has 0 aliphatic heterocycles. The number of amides is 1. The van der Waals surface area contributed by atoms with Crippen LogP contribution in [0.15, 0.2) is 22.2 Å². The van der Waals surface area contributed by atoms with Crippen molar-refractivity contribution in [3.63, 3.8) is 0 Å². The highest BCUT2D eigenvalue weighted by atomic mass is 32.1. The molecular weight excluding hydrogens is 401 g/mol. The largest absolute Gasteiger partial charge is 0.494 e. The molecule has 0 saturated heterocycles. The number of hydrazone groups is 1. The van der Waals surface area contributed by atoms with Gasteiger partial charge in [0.1, 0.15) is 12.1 Å². The maximum absolute atomic E-state index is 12.5. The molecule has 2 aromatic heterocycles. The van der Waals surface area contributed by atoms with Crippen LogP contribution in [-0.4, -0.2) is 36.6 Å². The summed E-state index contributed by atoms with van der Waals surface area (Å²) in [5.74, 6) is -1.06. The van der Waals surface area contributed by atoms with Gasteiger partial charge in [0.25, 0.3) is 11.5 Å². The van der Waals surface area contributed by atoms with E-state index in [1.54, 1.807) is 0 Å². The summed E-state index contributed by atoms with van der Waals surface area (Å²) < 4.78 is 39.6. The van der Waals surface area contributed by atoms with Crippen molar-refractivity contribution >= 4 is 24.3 Å². The Balaban J connectivity index is 2.10. The average molecular weight is 418 g/mol. The van der Waals surface area contributed by atoms with Gasteiger partial charge in [-0.3, -0.25) is 23.8 Å². The second-order valence-electron chi connectivity index (χ2n) is 6.19. The fourth-order valence-electron chi connectivity index (χ4n) is 2.18. The van der Waals surface area contributed by atoms with Crippen LogP contribution in [0.2, 0.25) is 0 Å². The lowest BCUT2D eigenvalue weighted by Gasteiger charge is -2.12. The van der Waals surface area contributed by atoms with E-state index in [4.69, 9.17) is 12.2 Å². The molecule has 2 heterocycles. The zero-order chi connectivity index (χ0) is 21.1. The highest BCUT2D eigenvalue weighted by Crippen LogP contribution is 2.27. The van der Waals surface area contributed by atoms with Gasteiger partial charge >= 0.3 is 6.18 Å². The summed E-state index contributed by atoms with van der Waals surface area (Å²) >= 11 is 5.00. The first-order chi connectivity index (χ1) is 13.0. The third-order valence-electron chi connectivity index (χ3n) is 3.37. The van der Waals surface area contributed by atoms with Crippen LogP contribution in [0.4, 0.5) is 13.2 Å². The quantitative estimate of drug-likeness (QED) is 0.375. The van der Waals surface area contributed by atoms with E-state index >= 15 is 0 Å². The Morgan fingerprint density at radius 1 is 1.50 bits per heavy atom. The predicted molar refractivity (Wildman–Crippen MR) is 95.4 cm³/mol. The van der Waals surface area contributed by atoms with E-state index in [1.165, 1.54) is 4.57 Å². The van der Waals surface area contributed by atoms with Crippen molar-refractivity contribution in [2.75, 3.05) is 0 Å². The number of halogens is 3. The Bertz CT molecular complexity index is 1010. The summed E-state index contributed by atoms with van der Waals surface area (Å²) in [6.07, 6.45) is -2.69. The number of nitrogens with zero attached hydrogens (tertiary/aromatic N) is 4. The number of aromatic nitrogens is 4.